The molecule has 1 amide bonds. The van der Waals surface area contributed by atoms with Crippen molar-refractivity contribution in [2.75, 3.05) is 13.2 Å². The number of aliphatic hydroxyl groups excluding tert-OH is 1. The molecule has 1 aliphatic rings. The molecule has 0 atom stereocenters. The number of aryl methyl sites for hydroxylation is 2. The number of aliphatic hydroxyl groups is 1. The van der Waals surface area contributed by atoms with E-state index in [0.29, 0.717) is 5.75 Å². The van der Waals surface area contributed by atoms with E-state index in [1.54, 1.807) is 20.8 Å². The number of nitrogens with zero attached hydrogens (tertiary/aromatic N) is 1. The molecule has 0 bridgehead atoms. The maximum atomic E-state index is 13.0. The highest BCUT2D eigenvalue weighted by Gasteiger charge is 2.35. The molecule has 2 aromatic rings. The summed E-state index contributed by atoms with van der Waals surface area (Å²) >= 11 is 0. The molecule has 9 heteroatoms. The van der Waals surface area contributed by atoms with E-state index >= 15 is 0 Å². The summed E-state index contributed by atoms with van der Waals surface area (Å²) in [4.78, 5) is 26.6. The van der Waals surface area contributed by atoms with Gasteiger partial charge in [-0.15, -0.1) is 0 Å². The molecule has 188 valence electrons. The van der Waals surface area contributed by atoms with Crippen LogP contribution in [0.2, 0.25) is 0 Å². The standard InChI is InChI=1S/C26H28F3NO5/c1-6-34-24(33)25(4,5)35-22-15(2)11-17(12-16(22)3)13-30-14-20(31)21(23(30)32)18-7-9-19(10-8-18)26(27,28)29/h7-12,31H,6,13-14H2,1-5H3. The van der Waals surface area contributed by atoms with Crippen LogP contribution in [0.4, 0.5) is 13.2 Å². The van der Waals surface area contributed by atoms with E-state index < -0.39 is 29.2 Å². The molecular formula is C26H28F3NO5. The van der Waals surface area contributed by atoms with Crippen LogP contribution in [0.1, 0.15) is 48.6 Å². The largest absolute Gasteiger partial charge is 0.510 e. The Kier molecular flexibility index (Phi) is 7.19. The van der Waals surface area contributed by atoms with Gasteiger partial charge in [0.15, 0.2) is 5.60 Å². The average Bonchev–Trinajstić information content (AvgIpc) is 3.03. The molecule has 0 unspecified atom stereocenters. The fourth-order valence-corrected chi connectivity index (χ4v) is 3.97. The van der Waals surface area contributed by atoms with Crippen molar-refractivity contribution in [3.63, 3.8) is 0 Å². The number of ether oxygens (including phenoxy) is 2. The third-order valence-corrected chi connectivity index (χ3v) is 5.65. The van der Waals surface area contributed by atoms with E-state index in [1.165, 1.54) is 17.0 Å². The quantitative estimate of drug-likeness (QED) is 0.528. The van der Waals surface area contributed by atoms with Crippen molar-refractivity contribution in [1.82, 2.24) is 4.90 Å². The minimum atomic E-state index is -4.49. The molecule has 2 aromatic carbocycles. The van der Waals surface area contributed by atoms with Crippen LogP contribution in [-0.2, 0) is 27.0 Å². The first-order chi connectivity index (χ1) is 16.2. The van der Waals surface area contributed by atoms with Gasteiger partial charge < -0.3 is 19.5 Å². The maximum Gasteiger partial charge on any atom is 0.416 e. The molecule has 3 rings (SSSR count). The van der Waals surface area contributed by atoms with Gasteiger partial charge >= 0.3 is 12.1 Å². The summed E-state index contributed by atoms with van der Waals surface area (Å²) in [5, 5.41) is 10.4. The van der Waals surface area contributed by atoms with E-state index in [1.807, 2.05) is 26.0 Å². The second kappa shape index (κ2) is 9.64. The van der Waals surface area contributed by atoms with Gasteiger partial charge in [0.05, 0.1) is 24.3 Å². The molecule has 0 spiro atoms. The summed E-state index contributed by atoms with van der Waals surface area (Å²) in [5.41, 5.74) is 0.473. The summed E-state index contributed by atoms with van der Waals surface area (Å²) in [5.74, 6) is -0.616. The second-order valence-corrected chi connectivity index (χ2v) is 8.95. The zero-order chi connectivity index (χ0) is 26.1. The van der Waals surface area contributed by atoms with E-state index in [0.717, 1.165) is 28.8 Å². The van der Waals surface area contributed by atoms with Gasteiger partial charge in [0.2, 0.25) is 0 Å². The summed E-state index contributed by atoms with van der Waals surface area (Å²) in [6.07, 6.45) is -4.49. The van der Waals surface area contributed by atoms with Gasteiger partial charge in [-0.25, -0.2) is 4.79 Å². The Morgan fingerprint density at radius 3 is 2.17 bits per heavy atom. The van der Waals surface area contributed by atoms with E-state index in [9.17, 15) is 27.9 Å². The number of hydrogen-bond donors (Lipinski definition) is 1. The van der Waals surface area contributed by atoms with Gasteiger partial charge in [-0.3, -0.25) is 4.79 Å². The monoisotopic (exact) mass is 491 g/mol. The number of esters is 1. The summed E-state index contributed by atoms with van der Waals surface area (Å²) < 4.78 is 49.6. The Bertz CT molecular complexity index is 1140. The van der Waals surface area contributed by atoms with E-state index in [2.05, 4.69) is 0 Å². The third kappa shape index (κ3) is 5.61. The highest BCUT2D eigenvalue weighted by atomic mass is 19.4. The van der Waals surface area contributed by atoms with Crippen LogP contribution in [0.5, 0.6) is 5.75 Å². The lowest BCUT2D eigenvalue weighted by Crippen LogP contribution is -2.40. The van der Waals surface area contributed by atoms with Crippen LogP contribution >= 0.6 is 0 Å². The normalized spacial score (nSPS) is 14.5. The van der Waals surface area contributed by atoms with Crippen LogP contribution in [0, 0.1) is 13.8 Å². The number of benzene rings is 2. The summed E-state index contributed by atoms with van der Waals surface area (Å²) in [6.45, 7) is 8.97. The van der Waals surface area contributed by atoms with Crippen LogP contribution in [0.15, 0.2) is 42.2 Å². The summed E-state index contributed by atoms with van der Waals surface area (Å²) in [7, 11) is 0. The predicted octanol–water partition coefficient (Wildman–Crippen LogP) is 5.35. The van der Waals surface area contributed by atoms with Gasteiger partial charge in [0.25, 0.3) is 5.91 Å². The number of hydrogen-bond acceptors (Lipinski definition) is 5. The van der Waals surface area contributed by atoms with Crippen molar-refractivity contribution in [3.05, 3.63) is 70.0 Å². The highest BCUT2D eigenvalue weighted by molar-refractivity contribution is 6.22. The molecular weight excluding hydrogens is 463 g/mol. The Hall–Kier alpha value is -3.49. The molecule has 0 aliphatic carbocycles. The molecule has 0 aromatic heterocycles. The first-order valence-electron chi connectivity index (χ1n) is 11.1. The Morgan fingerprint density at radius 1 is 1.09 bits per heavy atom. The van der Waals surface area contributed by atoms with E-state index in [-0.39, 0.29) is 36.6 Å². The van der Waals surface area contributed by atoms with E-state index in [4.69, 9.17) is 9.47 Å². The van der Waals surface area contributed by atoms with Crippen molar-refractivity contribution in [2.24, 2.45) is 0 Å². The smallest absolute Gasteiger partial charge is 0.416 e. The number of carbonyl (C=O) groups excluding carboxylic acids is 2. The number of alkyl halides is 3. The van der Waals surface area contributed by atoms with Gasteiger partial charge in [-0.1, -0.05) is 24.3 Å². The molecule has 1 aliphatic heterocycles. The lowest BCUT2D eigenvalue weighted by Gasteiger charge is -2.27. The van der Waals surface area contributed by atoms with Crippen LogP contribution in [-0.4, -0.2) is 40.6 Å². The molecule has 0 saturated heterocycles. The van der Waals surface area contributed by atoms with Crippen molar-refractivity contribution in [2.45, 2.75) is 52.9 Å². The van der Waals surface area contributed by atoms with Gasteiger partial charge in [0, 0.05) is 6.54 Å². The number of rotatable bonds is 7. The van der Waals surface area contributed by atoms with Crippen molar-refractivity contribution >= 4 is 17.4 Å². The molecule has 6 nitrogen and oxygen atoms in total. The zero-order valence-electron chi connectivity index (χ0n) is 20.2. The maximum absolute atomic E-state index is 13.0. The lowest BCUT2D eigenvalue weighted by molar-refractivity contribution is -0.158. The first kappa shape index (κ1) is 26.1. The van der Waals surface area contributed by atoms with Gasteiger partial charge in [-0.2, -0.15) is 13.2 Å². The fraction of sp³-hybridized carbons (Fsp3) is 0.385. The van der Waals surface area contributed by atoms with Gasteiger partial charge in [0.1, 0.15) is 11.5 Å². The molecule has 0 fully saturated rings. The zero-order valence-corrected chi connectivity index (χ0v) is 20.2. The van der Waals surface area contributed by atoms with Gasteiger partial charge in [-0.05, 0) is 69.0 Å². The predicted molar refractivity (Wildman–Crippen MR) is 124 cm³/mol. The highest BCUT2D eigenvalue weighted by Crippen LogP contribution is 2.34. The van der Waals surface area contributed by atoms with Crippen LogP contribution in [0.25, 0.3) is 5.57 Å². The summed E-state index contributed by atoms with van der Waals surface area (Å²) in [6, 6.07) is 7.78. The number of amides is 1. The van der Waals surface area contributed by atoms with Crippen molar-refractivity contribution < 1.29 is 37.3 Å². The van der Waals surface area contributed by atoms with Crippen molar-refractivity contribution in [3.8, 4) is 5.75 Å². The lowest BCUT2D eigenvalue weighted by atomic mass is 10.0. The molecule has 1 N–H and O–H groups in total. The number of carbonyl (C=O) groups is 2. The van der Waals surface area contributed by atoms with Crippen molar-refractivity contribution in [1.29, 1.82) is 0 Å². The molecule has 35 heavy (non-hydrogen) atoms. The van der Waals surface area contributed by atoms with Crippen LogP contribution < -0.4 is 4.74 Å². The average molecular weight is 492 g/mol. The molecule has 1 heterocycles. The Labute approximate surface area is 202 Å². The molecule has 0 saturated carbocycles. The topological polar surface area (TPSA) is 76.1 Å². The van der Waals surface area contributed by atoms with Crippen LogP contribution in [0.3, 0.4) is 0 Å². The molecule has 0 radical (unpaired) electrons. The number of halogens is 3. The second-order valence-electron chi connectivity index (χ2n) is 8.95. The Morgan fingerprint density at radius 2 is 1.66 bits per heavy atom. The third-order valence-electron chi connectivity index (χ3n) is 5.65. The SMILES string of the molecule is CCOC(=O)C(C)(C)Oc1c(C)cc(CN2CC(O)=C(c3ccc(C(F)(F)F)cc3)C2=O)cc1C. The fourth-order valence-electron chi connectivity index (χ4n) is 3.97. The first-order valence-corrected chi connectivity index (χ1v) is 11.1. The minimum Gasteiger partial charge on any atom is -0.510 e. The minimum absolute atomic E-state index is 0.0108. The Balaban J connectivity index is 1.77.